The van der Waals surface area contributed by atoms with Crippen LogP contribution in [-0.4, -0.2) is 23.2 Å². The molecule has 0 bridgehead atoms. The van der Waals surface area contributed by atoms with E-state index in [-0.39, 0.29) is 12.0 Å². The molecule has 2 unspecified atom stereocenters. The van der Waals surface area contributed by atoms with Crippen molar-refractivity contribution in [2.45, 2.75) is 103 Å². The molecule has 1 N–H and O–H groups in total. The Bertz CT molecular complexity index is 402. The van der Waals surface area contributed by atoms with Gasteiger partial charge in [-0.1, -0.05) is 81.8 Å². The largest absolute Gasteiger partial charge is 0.309 e. The molecule has 1 aliphatic carbocycles. The molecule has 3 aliphatic rings. The lowest BCUT2D eigenvalue weighted by molar-refractivity contribution is 0.126. The van der Waals surface area contributed by atoms with Crippen LogP contribution in [-0.2, 0) is 0 Å². The van der Waals surface area contributed by atoms with Crippen LogP contribution in [0.2, 0.25) is 11.6 Å². The molecule has 2 atom stereocenters. The fourth-order valence-electron chi connectivity index (χ4n) is 4.68. The highest BCUT2D eigenvalue weighted by Crippen LogP contribution is 2.50. The van der Waals surface area contributed by atoms with Crippen molar-refractivity contribution in [1.29, 1.82) is 5.26 Å². The SMILES string of the molecule is CC1(C)CC(C2CB(C#N)C(C)(C)C2)N1.CC1CCCCC1.CI. The van der Waals surface area contributed by atoms with Gasteiger partial charge in [-0.3, -0.25) is 0 Å². The molecule has 2 heterocycles. The molecule has 0 aromatic rings. The van der Waals surface area contributed by atoms with Gasteiger partial charge in [0, 0.05) is 17.5 Å². The quantitative estimate of drug-likeness (QED) is 0.301. The lowest BCUT2D eigenvalue weighted by Gasteiger charge is -2.48. The van der Waals surface area contributed by atoms with Crippen LogP contribution in [0.3, 0.4) is 0 Å². The van der Waals surface area contributed by atoms with Gasteiger partial charge < -0.3 is 5.32 Å². The number of hydrogen-bond acceptors (Lipinski definition) is 2. The highest BCUT2D eigenvalue weighted by Gasteiger charge is 2.50. The first-order valence-electron chi connectivity index (χ1n) is 9.78. The topological polar surface area (TPSA) is 35.8 Å². The van der Waals surface area contributed by atoms with E-state index in [1.807, 2.05) is 4.93 Å². The molecule has 0 amide bonds. The average Bonchev–Trinajstić information content (AvgIpc) is 2.83. The van der Waals surface area contributed by atoms with Crippen LogP contribution in [0.1, 0.15) is 79.6 Å². The lowest BCUT2D eigenvalue weighted by atomic mass is 9.37. The number of nitrogens with one attached hydrogen (secondary N) is 1. The molecule has 0 aromatic carbocycles. The van der Waals surface area contributed by atoms with Crippen LogP contribution in [0, 0.1) is 23.1 Å². The Kier molecular flexibility index (Phi) is 9.11. The fourth-order valence-corrected chi connectivity index (χ4v) is 4.68. The number of alkyl halides is 1. The minimum atomic E-state index is 0.223. The summed E-state index contributed by atoms with van der Waals surface area (Å²) in [6, 6.07) is 0.664. The molecule has 138 valence electrons. The highest BCUT2D eigenvalue weighted by molar-refractivity contribution is 14.1. The summed E-state index contributed by atoms with van der Waals surface area (Å²) in [4.78, 5) is 1.97. The van der Waals surface area contributed by atoms with Gasteiger partial charge in [0.25, 0.3) is 6.71 Å². The predicted octanol–water partition coefficient (Wildman–Crippen LogP) is 6.12. The van der Waals surface area contributed by atoms with Gasteiger partial charge in [-0.15, -0.1) is 0 Å². The van der Waals surface area contributed by atoms with E-state index in [1.165, 1.54) is 44.9 Å². The van der Waals surface area contributed by atoms with E-state index in [1.54, 1.807) is 0 Å². The molecule has 2 aliphatic heterocycles. The molecule has 1 saturated carbocycles. The lowest BCUT2D eigenvalue weighted by Crippen LogP contribution is -2.62. The Morgan fingerprint density at radius 1 is 1.04 bits per heavy atom. The van der Waals surface area contributed by atoms with Crippen molar-refractivity contribution in [2.75, 3.05) is 4.93 Å². The van der Waals surface area contributed by atoms with Gasteiger partial charge in [0.05, 0.1) is 0 Å². The summed E-state index contributed by atoms with van der Waals surface area (Å²) in [6.45, 7) is 11.6. The summed E-state index contributed by atoms with van der Waals surface area (Å²) in [5.41, 5.74) is 0.333. The normalized spacial score (nSPS) is 30.8. The van der Waals surface area contributed by atoms with Crippen LogP contribution in [0.4, 0.5) is 0 Å². The third-order valence-corrected chi connectivity index (χ3v) is 6.20. The number of nitriles is 1. The Hall–Kier alpha value is 0.245. The van der Waals surface area contributed by atoms with Crippen molar-refractivity contribution in [3.05, 3.63) is 0 Å². The summed E-state index contributed by atoms with van der Waals surface area (Å²) >= 11 is 2.15. The first kappa shape index (κ1) is 22.3. The van der Waals surface area contributed by atoms with Gasteiger partial charge in [0.2, 0.25) is 0 Å². The summed E-state index contributed by atoms with van der Waals surface area (Å²) in [6.07, 6.45) is 11.0. The van der Waals surface area contributed by atoms with Gasteiger partial charge in [-0.2, -0.15) is 0 Å². The maximum absolute atomic E-state index is 9.12. The smallest absolute Gasteiger partial charge is 0.273 e. The molecule has 3 fully saturated rings. The molecule has 4 heteroatoms. The first-order valence-corrected chi connectivity index (χ1v) is 11.9. The number of rotatable bonds is 1. The minimum absolute atomic E-state index is 0.223. The van der Waals surface area contributed by atoms with Crippen LogP contribution in [0.5, 0.6) is 0 Å². The van der Waals surface area contributed by atoms with E-state index < -0.39 is 0 Å². The second-order valence-corrected chi connectivity index (χ2v) is 9.45. The second-order valence-electron chi connectivity index (χ2n) is 9.45. The molecule has 0 radical (unpaired) electrons. The Labute approximate surface area is 165 Å². The zero-order valence-corrected chi connectivity index (χ0v) is 18.9. The van der Waals surface area contributed by atoms with Crippen LogP contribution < -0.4 is 5.32 Å². The van der Waals surface area contributed by atoms with Crippen LogP contribution in [0.25, 0.3) is 0 Å². The molecule has 2 saturated heterocycles. The summed E-state index contributed by atoms with van der Waals surface area (Å²) in [7, 11) is 0. The van der Waals surface area contributed by atoms with Crippen molar-refractivity contribution in [1.82, 2.24) is 5.32 Å². The van der Waals surface area contributed by atoms with E-state index in [0.29, 0.717) is 11.6 Å². The summed E-state index contributed by atoms with van der Waals surface area (Å²) in [5.74, 6) is 4.24. The van der Waals surface area contributed by atoms with Gasteiger partial charge in [0.15, 0.2) is 0 Å². The zero-order valence-electron chi connectivity index (χ0n) is 16.8. The Morgan fingerprint density at radius 2 is 1.58 bits per heavy atom. The molecular weight excluding hydrogens is 406 g/mol. The summed E-state index contributed by atoms with van der Waals surface area (Å²) in [5, 5.41) is 13.0. The maximum Gasteiger partial charge on any atom is 0.273 e. The summed E-state index contributed by atoms with van der Waals surface area (Å²) < 4.78 is 0. The highest BCUT2D eigenvalue weighted by atomic mass is 127. The van der Waals surface area contributed by atoms with E-state index in [9.17, 15) is 0 Å². The molecule has 0 spiro atoms. The van der Waals surface area contributed by atoms with E-state index in [4.69, 9.17) is 5.26 Å². The first-order chi connectivity index (χ1) is 11.2. The second kappa shape index (κ2) is 9.81. The number of hydrogen-bond donors (Lipinski definition) is 1. The number of nitrogens with zero attached hydrogens (tertiary/aromatic N) is 1. The van der Waals surface area contributed by atoms with Gasteiger partial charge in [-0.05, 0) is 48.8 Å². The Morgan fingerprint density at radius 3 is 1.92 bits per heavy atom. The van der Waals surface area contributed by atoms with E-state index in [2.05, 4.69) is 68.5 Å². The van der Waals surface area contributed by atoms with Crippen molar-refractivity contribution < 1.29 is 0 Å². The minimum Gasteiger partial charge on any atom is -0.309 e. The van der Waals surface area contributed by atoms with E-state index in [0.717, 1.165) is 18.2 Å². The van der Waals surface area contributed by atoms with Crippen molar-refractivity contribution >= 4 is 29.3 Å². The zero-order chi connectivity index (χ0) is 18.4. The third-order valence-electron chi connectivity index (χ3n) is 6.20. The predicted molar refractivity (Wildman–Crippen MR) is 116 cm³/mol. The maximum atomic E-state index is 9.12. The van der Waals surface area contributed by atoms with Gasteiger partial charge >= 0.3 is 0 Å². The molecule has 0 aromatic heterocycles. The van der Waals surface area contributed by atoms with Crippen LogP contribution in [0.15, 0.2) is 0 Å². The van der Waals surface area contributed by atoms with Crippen molar-refractivity contribution in [3.63, 3.8) is 0 Å². The third kappa shape index (κ3) is 6.52. The Balaban J connectivity index is 0.000000268. The number of halogens is 1. The molecule has 24 heavy (non-hydrogen) atoms. The van der Waals surface area contributed by atoms with Gasteiger partial charge in [-0.25, -0.2) is 5.26 Å². The molecule has 2 nitrogen and oxygen atoms in total. The van der Waals surface area contributed by atoms with E-state index >= 15 is 0 Å². The fraction of sp³-hybridized carbons (Fsp3) is 0.950. The molecule has 3 rings (SSSR count). The standard InChI is InChI=1S/C12H21BN2.C7H14.CH3I/c1-11(2)5-9(7-13(11)8-14)10-6-12(3,4)15-10;1-7-5-3-2-4-6-7;1-2/h9-10,15H,5-7H2,1-4H3;7H,2-6H2,1H3;1H3. The van der Waals surface area contributed by atoms with Gasteiger partial charge in [0.1, 0.15) is 0 Å². The van der Waals surface area contributed by atoms with Crippen LogP contribution >= 0.6 is 22.6 Å². The van der Waals surface area contributed by atoms with Crippen molar-refractivity contribution in [3.8, 4) is 5.97 Å². The molecular formula is C20H38BIN2. The monoisotopic (exact) mass is 444 g/mol. The average molecular weight is 444 g/mol. The van der Waals surface area contributed by atoms with Crippen molar-refractivity contribution in [2.24, 2.45) is 11.8 Å².